The average Bonchev–Trinajstić information content (AvgIpc) is 3.17. The van der Waals surface area contributed by atoms with Crippen LogP contribution in [0.15, 0.2) is 59.5 Å². The monoisotopic (exact) mass is 822 g/mol. The van der Waals surface area contributed by atoms with Gasteiger partial charge in [-0.05, 0) is 103 Å². The molecule has 15 heteroatoms. The molecule has 0 aliphatic carbocycles. The van der Waals surface area contributed by atoms with Crippen LogP contribution in [0.2, 0.25) is 0 Å². The minimum Gasteiger partial charge on any atom is -0.497 e. The zero-order valence-corrected chi connectivity index (χ0v) is 36.1. The summed E-state index contributed by atoms with van der Waals surface area (Å²) in [6.45, 7) is 13.8. The number of methoxy groups -OCH3 is 1. The van der Waals surface area contributed by atoms with Crippen molar-refractivity contribution in [2.75, 3.05) is 27.7 Å². The molecule has 2 heterocycles. The number of ether oxygens (including phenoxy) is 5. The Balaban J connectivity index is 1.80. The molecular weight excluding hydrogens is 757 g/mol. The Morgan fingerprint density at radius 1 is 0.965 bits per heavy atom. The largest absolute Gasteiger partial charge is 0.497 e. The van der Waals surface area contributed by atoms with Gasteiger partial charge in [0.1, 0.15) is 29.3 Å². The highest BCUT2D eigenvalue weighted by molar-refractivity contribution is 7.89. The molecule has 14 nitrogen and oxygen atoms in total. The zero-order chi connectivity index (χ0) is 42.6. The summed E-state index contributed by atoms with van der Waals surface area (Å²) < 4.78 is 60.5. The van der Waals surface area contributed by atoms with Crippen molar-refractivity contribution in [2.45, 2.75) is 146 Å². The van der Waals surface area contributed by atoms with Crippen LogP contribution in [0.5, 0.6) is 11.5 Å². The van der Waals surface area contributed by atoms with Crippen LogP contribution in [0.25, 0.3) is 0 Å². The first-order chi connectivity index (χ1) is 26.6. The minimum absolute atomic E-state index is 0.0994. The van der Waals surface area contributed by atoms with Crippen molar-refractivity contribution in [3.8, 4) is 11.5 Å². The van der Waals surface area contributed by atoms with Crippen LogP contribution in [-0.2, 0) is 29.0 Å². The fourth-order valence-corrected chi connectivity index (χ4v) is 9.84. The van der Waals surface area contributed by atoms with Gasteiger partial charge in [-0.15, -0.1) is 0 Å². The predicted molar refractivity (Wildman–Crippen MR) is 214 cm³/mol. The van der Waals surface area contributed by atoms with Crippen LogP contribution in [0, 0.1) is 17.8 Å². The highest BCUT2D eigenvalue weighted by Gasteiger charge is 2.51. The molecule has 0 spiro atoms. The first-order valence-electron chi connectivity index (χ1n) is 19.9. The summed E-state index contributed by atoms with van der Waals surface area (Å²) in [6.07, 6.45) is -7.36. The van der Waals surface area contributed by atoms with Crippen molar-refractivity contribution in [3.63, 3.8) is 0 Å². The van der Waals surface area contributed by atoms with E-state index >= 15 is 0 Å². The molecule has 4 rings (SSSR count). The average molecular weight is 823 g/mol. The highest BCUT2D eigenvalue weighted by Crippen LogP contribution is 2.38. The maximum Gasteiger partial charge on any atom is 0.311 e. The quantitative estimate of drug-likeness (QED) is 0.268. The van der Waals surface area contributed by atoms with Gasteiger partial charge < -0.3 is 49.0 Å². The van der Waals surface area contributed by atoms with E-state index in [0.29, 0.717) is 18.0 Å². The molecule has 2 aromatic rings. The molecule has 2 aliphatic heterocycles. The molecule has 2 saturated heterocycles. The van der Waals surface area contributed by atoms with E-state index in [-0.39, 0.29) is 30.1 Å². The Hall–Kier alpha value is -2.86. The maximum atomic E-state index is 14.1. The van der Waals surface area contributed by atoms with Crippen molar-refractivity contribution in [2.24, 2.45) is 17.8 Å². The van der Waals surface area contributed by atoms with Crippen LogP contribution in [0.4, 0.5) is 0 Å². The second kappa shape index (κ2) is 19.0. The van der Waals surface area contributed by atoms with Crippen molar-refractivity contribution >= 4 is 16.0 Å². The molecular formula is C42H66N2O12S. The lowest BCUT2D eigenvalue weighted by Gasteiger charge is -2.47. The lowest BCUT2D eigenvalue weighted by molar-refractivity contribution is -0.293. The van der Waals surface area contributed by atoms with E-state index in [9.17, 15) is 33.6 Å². The van der Waals surface area contributed by atoms with Crippen LogP contribution in [0.1, 0.15) is 74.7 Å². The molecule has 4 N–H and O–H groups in total. The summed E-state index contributed by atoms with van der Waals surface area (Å²) in [7, 11) is 0.796. The number of rotatable bonds is 9. The second-order valence-electron chi connectivity index (χ2n) is 16.8. The van der Waals surface area contributed by atoms with Crippen LogP contribution in [0.3, 0.4) is 0 Å². The van der Waals surface area contributed by atoms with Crippen molar-refractivity contribution in [3.05, 3.63) is 54.6 Å². The first kappa shape index (κ1) is 46.8. The molecule has 14 atom stereocenters. The number of hydrogen-bond donors (Lipinski definition) is 4. The van der Waals surface area contributed by atoms with Gasteiger partial charge in [-0.1, -0.05) is 39.0 Å². The fourth-order valence-electron chi connectivity index (χ4n) is 8.45. The second-order valence-corrected chi connectivity index (χ2v) is 18.8. The van der Waals surface area contributed by atoms with Gasteiger partial charge in [-0.2, -0.15) is 4.31 Å². The lowest BCUT2D eigenvalue weighted by atomic mass is 9.78. The summed E-state index contributed by atoms with van der Waals surface area (Å²) in [5, 5.41) is 47.3. The molecule has 0 amide bonds. The van der Waals surface area contributed by atoms with E-state index in [4.69, 9.17) is 23.7 Å². The summed E-state index contributed by atoms with van der Waals surface area (Å²) in [6, 6.07) is 13.5. The van der Waals surface area contributed by atoms with E-state index in [1.165, 1.54) is 37.3 Å². The van der Waals surface area contributed by atoms with E-state index in [2.05, 4.69) is 0 Å². The van der Waals surface area contributed by atoms with E-state index in [0.717, 1.165) is 0 Å². The highest BCUT2D eigenvalue weighted by atomic mass is 32.2. The molecule has 2 aliphatic rings. The Morgan fingerprint density at radius 3 is 2.14 bits per heavy atom. The van der Waals surface area contributed by atoms with Gasteiger partial charge >= 0.3 is 5.97 Å². The smallest absolute Gasteiger partial charge is 0.311 e. The SMILES string of the molecule is CC[C@H]1OC(=O)[C@H](C)[C@@H](O)[C@H](C)[C@@H](O[C@@H]2O[C@H](C)C[C@H](N(C)S(=O)(=O)c3ccccc3)[C@H]2Oc2ccc(OC)cc2)[C@](C)(O)C[C@@H](C)CN(C)[C@H](C)[C@@H](O)[C@]1(C)O. The number of aliphatic hydroxyl groups excluding tert-OH is 2. The number of cyclic esters (lactones) is 1. The third-order valence-electron chi connectivity index (χ3n) is 12.0. The Kier molecular flexibility index (Phi) is 15.6. The molecule has 57 heavy (non-hydrogen) atoms. The molecule has 0 saturated carbocycles. The normalized spacial score (nSPS) is 38.1. The summed E-state index contributed by atoms with van der Waals surface area (Å²) in [5.74, 6) is -2.13. The third kappa shape index (κ3) is 10.7. The van der Waals surface area contributed by atoms with Crippen LogP contribution in [-0.4, -0.2) is 138 Å². The number of benzene rings is 2. The molecule has 2 aromatic carbocycles. The topological polar surface area (TPSA) is 185 Å². The van der Waals surface area contributed by atoms with Gasteiger partial charge in [-0.25, -0.2) is 8.42 Å². The van der Waals surface area contributed by atoms with Crippen molar-refractivity contribution < 1.29 is 57.3 Å². The molecule has 0 bridgehead atoms. The molecule has 0 aromatic heterocycles. The number of hydrogen-bond acceptors (Lipinski definition) is 13. The van der Waals surface area contributed by atoms with Gasteiger partial charge in [0.05, 0.1) is 47.9 Å². The van der Waals surface area contributed by atoms with E-state index in [1.54, 1.807) is 91.2 Å². The molecule has 0 radical (unpaired) electrons. The first-order valence-corrected chi connectivity index (χ1v) is 21.4. The number of nitrogens with zero attached hydrogens (tertiary/aromatic N) is 2. The van der Waals surface area contributed by atoms with Crippen molar-refractivity contribution in [1.29, 1.82) is 0 Å². The number of sulfonamides is 1. The Bertz CT molecular complexity index is 1690. The Morgan fingerprint density at radius 2 is 1.56 bits per heavy atom. The summed E-state index contributed by atoms with van der Waals surface area (Å²) in [4.78, 5) is 15.7. The maximum absolute atomic E-state index is 14.1. The zero-order valence-electron chi connectivity index (χ0n) is 35.3. The van der Waals surface area contributed by atoms with Gasteiger partial charge in [0.25, 0.3) is 0 Å². The van der Waals surface area contributed by atoms with Gasteiger partial charge in [0.15, 0.2) is 12.4 Å². The van der Waals surface area contributed by atoms with Crippen LogP contribution < -0.4 is 9.47 Å². The number of esters is 1. The van der Waals surface area contributed by atoms with Crippen LogP contribution >= 0.6 is 0 Å². The predicted octanol–water partition coefficient (Wildman–Crippen LogP) is 3.83. The lowest BCUT2D eigenvalue weighted by Crippen LogP contribution is -2.61. The van der Waals surface area contributed by atoms with Gasteiger partial charge in [0, 0.05) is 25.6 Å². The molecule has 322 valence electrons. The fraction of sp³-hybridized carbons (Fsp3) is 0.690. The third-order valence-corrected chi connectivity index (χ3v) is 13.9. The summed E-state index contributed by atoms with van der Waals surface area (Å²) >= 11 is 0. The van der Waals surface area contributed by atoms with E-state index in [1.807, 2.05) is 11.8 Å². The van der Waals surface area contributed by atoms with Crippen molar-refractivity contribution in [1.82, 2.24) is 9.21 Å². The Labute approximate surface area is 339 Å². The molecule has 0 unspecified atom stereocenters. The molecule has 2 fully saturated rings. The summed E-state index contributed by atoms with van der Waals surface area (Å²) in [5.41, 5.74) is -3.49. The number of carbonyl (C=O) groups excluding carboxylic acids is 1. The van der Waals surface area contributed by atoms with E-state index < -0.39 is 94.0 Å². The minimum atomic E-state index is -4.04. The number of aliphatic hydroxyl groups is 4. The number of likely N-dealkylation sites (N-methyl/N-ethyl adjacent to an activating group) is 2. The van der Waals surface area contributed by atoms with Gasteiger partial charge in [-0.3, -0.25) is 4.79 Å². The number of carbonyl (C=O) groups is 1. The van der Waals surface area contributed by atoms with Gasteiger partial charge in [0.2, 0.25) is 10.0 Å². The standard InChI is InChI=1S/C42H66N2O12S/c1-12-34-42(8,49)37(46)29(6)43(9)24-25(2)23-41(7,48)38(27(4)35(45)28(5)39(47)55-34)56-40-36(54-31-20-18-30(52-11)19-21-31)33(22-26(3)53-40)44(10)57(50,51)32-16-14-13-15-17-32/h13-21,25-29,33-38,40,45-46,48-49H,12,22-24H2,1-11H3/t25-,26-,27+,28-,29-,33+,34-,35+,36-,37-,38-,40+,41-,42-/m1/s1.